The van der Waals surface area contributed by atoms with E-state index < -0.39 is 6.10 Å². The standard InChI is InChI=1S/C10H13NOS/c11-8-5-6-13-9-4-2-1-3-7(9)10(8)12/h1-4,8,10,12H,5-6,11H2/t8-,10-/m0/s1. The highest BCUT2D eigenvalue weighted by atomic mass is 32.2. The van der Waals surface area contributed by atoms with Crippen LogP contribution in [0.25, 0.3) is 0 Å². The predicted octanol–water partition coefficient (Wildman–Crippen LogP) is 1.54. The third-order valence-electron chi connectivity index (χ3n) is 2.35. The van der Waals surface area contributed by atoms with Gasteiger partial charge in [-0.15, -0.1) is 11.8 Å². The Bertz CT molecular complexity index is 303. The first-order chi connectivity index (χ1) is 6.29. The van der Waals surface area contributed by atoms with Crippen LogP contribution in [0.1, 0.15) is 18.1 Å². The highest BCUT2D eigenvalue weighted by Gasteiger charge is 2.22. The molecule has 0 aliphatic carbocycles. The number of benzene rings is 1. The van der Waals surface area contributed by atoms with Crippen molar-refractivity contribution in [2.75, 3.05) is 5.75 Å². The van der Waals surface area contributed by atoms with E-state index in [-0.39, 0.29) is 6.04 Å². The summed E-state index contributed by atoms with van der Waals surface area (Å²) in [5, 5.41) is 9.87. The molecule has 70 valence electrons. The topological polar surface area (TPSA) is 46.2 Å². The summed E-state index contributed by atoms with van der Waals surface area (Å²) < 4.78 is 0. The van der Waals surface area contributed by atoms with Crippen LogP contribution in [-0.2, 0) is 0 Å². The van der Waals surface area contributed by atoms with Crippen molar-refractivity contribution < 1.29 is 5.11 Å². The number of rotatable bonds is 0. The van der Waals surface area contributed by atoms with Crippen LogP contribution in [-0.4, -0.2) is 16.9 Å². The van der Waals surface area contributed by atoms with E-state index in [0.717, 1.165) is 17.7 Å². The van der Waals surface area contributed by atoms with E-state index in [9.17, 15) is 5.11 Å². The van der Waals surface area contributed by atoms with Gasteiger partial charge in [0, 0.05) is 10.9 Å². The minimum atomic E-state index is -0.494. The average Bonchev–Trinajstić information content (AvgIpc) is 2.29. The Morgan fingerprint density at radius 3 is 3.00 bits per heavy atom. The first-order valence-electron chi connectivity index (χ1n) is 4.44. The minimum absolute atomic E-state index is 0.115. The van der Waals surface area contributed by atoms with Crippen molar-refractivity contribution in [3.63, 3.8) is 0 Å². The van der Waals surface area contributed by atoms with Crippen molar-refractivity contribution >= 4 is 11.8 Å². The zero-order valence-electron chi connectivity index (χ0n) is 7.31. The molecule has 0 aromatic heterocycles. The molecule has 2 atom stereocenters. The highest BCUT2D eigenvalue weighted by molar-refractivity contribution is 7.99. The van der Waals surface area contributed by atoms with Gasteiger partial charge in [0.15, 0.2) is 0 Å². The maximum Gasteiger partial charge on any atom is 0.0951 e. The van der Waals surface area contributed by atoms with Gasteiger partial charge in [-0.1, -0.05) is 18.2 Å². The zero-order valence-corrected chi connectivity index (χ0v) is 8.13. The molecule has 0 radical (unpaired) electrons. The summed E-state index contributed by atoms with van der Waals surface area (Å²) in [5.74, 6) is 0.995. The Labute approximate surface area is 82.1 Å². The number of hydrogen-bond acceptors (Lipinski definition) is 3. The van der Waals surface area contributed by atoms with Gasteiger partial charge < -0.3 is 10.8 Å². The fraction of sp³-hybridized carbons (Fsp3) is 0.400. The Kier molecular flexibility index (Phi) is 2.58. The second-order valence-corrected chi connectivity index (χ2v) is 4.42. The smallest absolute Gasteiger partial charge is 0.0951 e. The third-order valence-corrected chi connectivity index (χ3v) is 3.47. The van der Waals surface area contributed by atoms with E-state index in [1.165, 1.54) is 4.90 Å². The molecule has 13 heavy (non-hydrogen) atoms. The summed E-state index contributed by atoms with van der Waals surface area (Å²) in [6.07, 6.45) is 0.381. The van der Waals surface area contributed by atoms with E-state index in [1.807, 2.05) is 24.3 Å². The molecule has 1 aliphatic rings. The summed E-state index contributed by atoms with van der Waals surface area (Å²) in [7, 11) is 0. The van der Waals surface area contributed by atoms with Crippen molar-refractivity contribution in [2.24, 2.45) is 5.73 Å². The lowest BCUT2D eigenvalue weighted by atomic mass is 10.0. The van der Waals surface area contributed by atoms with Crippen LogP contribution in [0, 0.1) is 0 Å². The van der Waals surface area contributed by atoms with Gasteiger partial charge in [0.2, 0.25) is 0 Å². The molecule has 0 fully saturated rings. The van der Waals surface area contributed by atoms with E-state index >= 15 is 0 Å². The lowest BCUT2D eigenvalue weighted by Gasteiger charge is -2.16. The largest absolute Gasteiger partial charge is 0.387 e. The molecule has 0 saturated carbocycles. The van der Waals surface area contributed by atoms with E-state index in [4.69, 9.17) is 5.73 Å². The summed E-state index contributed by atoms with van der Waals surface area (Å²) in [6.45, 7) is 0. The summed E-state index contributed by atoms with van der Waals surface area (Å²) >= 11 is 1.78. The molecule has 0 saturated heterocycles. The summed E-state index contributed by atoms with van der Waals surface area (Å²) in [4.78, 5) is 1.17. The number of aliphatic hydroxyl groups is 1. The van der Waals surface area contributed by atoms with Gasteiger partial charge in [-0.2, -0.15) is 0 Å². The fourth-order valence-corrected chi connectivity index (χ4v) is 2.69. The number of aliphatic hydroxyl groups excluding tert-OH is 1. The van der Waals surface area contributed by atoms with Crippen LogP contribution >= 0.6 is 11.8 Å². The Morgan fingerprint density at radius 2 is 2.15 bits per heavy atom. The van der Waals surface area contributed by atoms with Gasteiger partial charge in [0.05, 0.1) is 6.10 Å². The fourth-order valence-electron chi connectivity index (χ4n) is 1.55. The van der Waals surface area contributed by atoms with Crippen LogP contribution in [0.3, 0.4) is 0 Å². The van der Waals surface area contributed by atoms with Crippen molar-refractivity contribution in [1.29, 1.82) is 0 Å². The summed E-state index contributed by atoms with van der Waals surface area (Å²) in [5.41, 5.74) is 6.81. The maximum atomic E-state index is 9.87. The quantitative estimate of drug-likeness (QED) is 0.660. The average molecular weight is 195 g/mol. The molecule has 3 N–H and O–H groups in total. The van der Waals surface area contributed by atoms with Crippen LogP contribution in [0.15, 0.2) is 29.2 Å². The monoisotopic (exact) mass is 195 g/mol. The normalized spacial score (nSPS) is 27.8. The molecule has 1 heterocycles. The number of nitrogens with two attached hydrogens (primary N) is 1. The van der Waals surface area contributed by atoms with Crippen molar-refractivity contribution in [3.05, 3.63) is 29.8 Å². The van der Waals surface area contributed by atoms with Crippen molar-refractivity contribution in [2.45, 2.75) is 23.5 Å². The van der Waals surface area contributed by atoms with E-state index in [0.29, 0.717) is 0 Å². The lowest BCUT2D eigenvalue weighted by molar-refractivity contribution is 0.143. The predicted molar refractivity (Wildman–Crippen MR) is 54.7 cm³/mol. The van der Waals surface area contributed by atoms with Gasteiger partial charge in [-0.05, 0) is 23.8 Å². The lowest BCUT2D eigenvalue weighted by Crippen LogP contribution is -2.27. The second kappa shape index (κ2) is 3.70. The second-order valence-electron chi connectivity index (χ2n) is 3.28. The molecule has 0 bridgehead atoms. The zero-order chi connectivity index (χ0) is 9.26. The van der Waals surface area contributed by atoms with Gasteiger partial charge in [-0.3, -0.25) is 0 Å². The molecule has 0 amide bonds. The number of fused-ring (bicyclic) bond motifs is 1. The molecular formula is C10H13NOS. The summed E-state index contributed by atoms with van der Waals surface area (Å²) in [6, 6.07) is 7.83. The highest BCUT2D eigenvalue weighted by Crippen LogP contribution is 2.33. The van der Waals surface area contributed by atoms with E-state index in [2.05, 4.69) is 0 Å². The number of hydrogen-bond donors (Lipinski definition) is 2. The maximum absolute atomic E-state index is 9.87. The molecule has 1 aliphatic heterocycles. The Hall–Kier alpha value is -0.510. The van der Waals surface area contributed by atoms with Crippen molar-refractivity contribution in [1.82, 2.24) is 0 Å². The van der Waals surface area contributed by atoms with Crippen LogP contribution in [0.4, 0.5) is 0 Å². The Balaban J connectivity index is 2.40. The van der Waals surface area contributed by atoms with Crippen LogP contribution < -0.4 is 5.73 Å². The van der Waals surface area contributed by atoms with Gasteiger partial charge >= 0.3 is 0 Å². The van der Waals surface area contributed by atoms with Crippen LogP contribution in [0.5, 0.6) is 0 Å². The Morgan fingerprint density at radius 1 is 1.38 bits per heavy atom. The molecule has 0 unspecified atom stereocenters. The first-order valence-corrected chi connectivity index (χ1v) is 5.43. The first kappa shape index (κ1) is 9.06. The molecule has 0 spiro atoms. The third kappa shape index (κ3) is 1.73. The van der Waals surface area contributed by atoms with Gasteiger partial charge in [-0.25, -0.2) is 0 Å². The molecule has 1 aromatic rings. The molecule has 2 rings (SSSR count). The molecule has 1 aromatic carbocycles. The van der Waals surface area contributed by atoms with Crippen LogP contribution in [0.2, 0.25) is 0 Å². The minimum Gasteiger partial charge on any atom is -0.387 e. The van der Waals surface area contributed by atoms with E-state index in [1.54, 1.807) is 11.8 Å². The number of thioether (sulfide) groups is 1. The van der Waals surface area contributed by atoms with Gasteiger partial charge in [0.25, 0.3) is 0 Å². The molecule has 3 heteroatoms. The van der Waals surface area contributed by atoms with Crippen molar-refractivity contribution in [3.8, 4) is 0 Å². The molecular weight excluding hydrogens is 182 g/mol. The SMILES string of the molecule is N[C@H]1CCSc2ccccc2[C@@H]1O. The van der Waals surface area contributed by atoms with Gasteiger partial charge in [0.1, 0.15) is 0 Å². The molecule has 2 nitrogen and oxygen atoms in total.